The molecule has 4 aliphatic carbocycles. The monoisotopic (exact) mass is 854 g/mol. The fourth-order valence-electron chi connectivity index (χ4n) is 6.99. The van der Waals surface area contributed by atoms with Gasteiger partial charge in [0.2, 0.25) is 0 Å². The zero-order valence-electron chi connectivity index (χ0n) is 29.4. The third-order valence-electron chi connectivity index (χ3n) is 9.19. The van der Waals surface area contributed by atoms with Gasteiger partial charge in [-0.2, -0.15) is 0 Å². The van der Waals surface area contributed by atoms with Gasteiger partial charge in [0, 0.05) is 72.3 Å². The molecule has 4 heterocycles. The molecule has 0 spiro atoms. The molecule has 0 amide bonds. The van der Waals surface area contributed by atoms with Crippen molar-refractivity contribution in [3.63, 3.8) is 0 Å². The van der Waals surface area contributed by atoms with Crippen LogP contribution in [0.25, 0.3) is 22.8 Å². The number of allylic oxidation sites excluding steroid dienone is 4. The molecule has 0 aromatic carbocycles. The predicted octanol–water partition coefficient (Wildman–Crippen LogP) is -3.17. The molecule has 0 unspecified atom stereocenters. The first-order valence-electron chi connectivity index (χ1n) is 16.0. The summed E-state index contributed by atoms with van der Waals surface area (Å²) in [4.78, 5) is 59.4. The third-order valence-corrected chi connectivity index (χ3v) is 9.19. The Morgan fingerprint density at radius 3 is 0.732 bits per heavy atom. The van der Waals surface area contributed by atoms with Crippen LogP contribution in [0.2, 0.25) is 0 Å². The Morgan fingerprint density at radius 2 is 0.589 bits per heavy atom. The number of hydrogen-bond donors (Lipinski definition) is 0. The van der Waals surface area contributed by atoms with Crippen LogP contribution in [-0.2, 0) is 53.3 Å². The first-order chi connectivity index (χ1) is 24.2. The second-order valence-electron chi connectivity index (χ2n) is 12.1. The van der Waals surface area contributed by atoms with Crippen LogP contribution in [0.1, 0.15) is 12.8 Å². The van der Waals surface area contributed by atoms with Crippen LogP contribution in [0.3, 0.4) is 0 Å². The number of aliphatic carboxylic acids is 4. The smallest absolute Gasteiger partial charge is 0.550 e. The molecule has 4 aromatic rings. The molecule has 4 bridgehead atoms. The van der Waals surface area contributed by atoms with E-state index in [2.05, 4.69) is 19.9 Å². The molecule has 298 valence electrons. The molecule has 18 heteroatoms. The molecule has 4 aliphatic rings. The average molecular weight is 855 g/mol. The summed E-state index contributed by atoms with van der Waals surface area (Å²) < 4.78 is 0. The summed E-state index contributed by atoms with van der Waals surface area (Å²) >= 11 is 0. The Kier molecular flexibility index (Phi) is 23.7. The van der Waals surface area contributed by atoms with Crippen molar-refractivity contribution in [2.24, 2.45) is 47.3 Å². The second-order valence-corrected chi connectivity index (χ2v) is 12.1. The van der Waals surface area contributed by atoms with Gasteiger partial charge in [-0.25, -0.2) is 0 Å². The van der Waals surface area contributed by atoms with Gasteiger partial charge >= 0.3 is 34.1 Å². The SMILES string of the molecule is O.O.O.O.O=C([O-])[C@@H]1[C@H](C(=O)[O-])[C@H]2C=C[C@@H]1C2.O=C([O-])[C@@H]1[C@H](C(=O)[O-])[C@H]2C=C[C@@H]1C2.[Mn+2].[Mn+2].c1ccc(-c2ccccn2)nc1.c1ccc(-c2ccccn2)nc1. The van der Waals surface area contributed by atoms with Crippen molar-refractivity contribution >= 4 is 23.9 Å². The van der Waals surface area contributed by atoms with Crippen molar-refractivity contribution in [2.45, 2.75) is 12.8 Å². The number of carbonyl (C=O) groups is 4. The normalized spacial score (nSPS) is 23.1. The van der Waals surface area contributed by atoms with Crippen LogP contribution in [-0.4, -0.2) is 65.7 Å². The van der Waals surface area contributed by atoms with E-state index in [4.69, 9.17) is 0 Å². The maximum atomic E-state index is 10.7. The topological polar surface area (TPSA) is 338 Å². The van der Waals surface area contributed by atoms with Gasteiger partial charge < -0.3 is 61.5 Å². The Hall–Kier alpha value is -5.16. The maximum absolute atomic E-state index is 10.7. The van der Waals surface area contributed by atoms with Gasteiger partial charge in [-0.15, -0.1) is 0 Å². The maximum Gasteiger partial charge on any atom is 2.00 e. The minimum atomic E-state index is -1.27. The standard InChI is InChI=1S/2C10H8N2.2C9H10O4.2Mn.4H2O/c2*1-3-7-11-9(5-1)10-6-2-4-8-12-10;2*10-8(11)6-4-1-2-5(3-4)7(6)9(12)13;;;;;;/h2*1-8H;2*1-2,4-7H,3H2,(H,10,11)(H,12,13);;;4*1H2/q;;;;2*+2;;;;/p-4/t;;2*4-,5+,6+,7-;;;;;;. The van der Waals surface area contributed by atoms with E-state index in [0.29, 0.717) is 12.8 Å². The van der Waals surface area contributed by atoms with E-state index >= 15 is 0 Å². The van der Waals surface area contributed by atoms with E-state index in [9.17, 15) is 39.6 Å². The minimum absolute atomic E-state index is 0. The van der Waals surface area contributed by atoms with Crippen LogP contribution >= 0.6 is 0 Å². The van der Waals surface area contributed by atoms with E-state index in [1.54, 1.807) is 49.1 Å². The first kappa shape index (κ1) is 52.9. The van der Waals surface area contributed by atoms with E-state index < -0.39 is 47.5 Å². The molecule has 8 rings (SSSR count). The van der Waals surface area contributed by atoms with Crippen LogP contribution in [0.5, 0.6) is 0 Å². The molecule has 2 radical (unpaired) electrons. The Bertz CT molecular complexity index is 1580. The molecular weight excluding hydrogens is 814 g/mol. The van der Waals surface area contributed by atoms with Gasteiger partial charge in [-0.3, -0.25) is 19.9 Å². The van der Waals surface area contributed by atoms with Crippen molar-refractivity contribution in [2.75, 3.05) is 0 Å². The largest absolute Gasteiger partial charge is 2.00 e. The Morgan fingerprint density at radius 1 is 0.393 bits per heavy atom. The number of carboxylic acids is 4. The summed E-state index contributed by atoms with van der Waals surface area (Å²) in [6.07, 6.45) is 15.4. The van der Waals surface area contributed by atoms with Gasteiger partial charge in [0.05, 0.1) is 22.8 Å². The van der Waals surface area contributed by atoms with E-state index in [0.717, 1.165) is 22.8 Å². The van der Waals surface area contributed by atoms with E-state index in [1.165, 1.54) is 0 Å². The third kappa shape index (κ3) is 13.0. The molecule has 2 saturated carbocycles. The average Bonchev–Trinajstić information content (AvgIpc) is 3.96. The summed E-state index contributed by atoms with van der Waals surface area (Å²) in [5.74, 6) is -9.32. The number of hydrogen-bond acceptors (Lipinski definition) is 12. The zero-order valence-corrected chi connectivity index (χ0v) is 31.8. The quantitative estimate of drug-likeness (QED) is 0.137. The number of carboxylic acid groups (broad SMARTS) is 4. The number of nitrogens with zero attached hydrogens (tertiary/aromatic N) is 4. The molecule has 8 atom stereocenters. The summed E-state index contributed by atoms with van der Waals surface area (Å²) in [7, 11) is 0. The summed E-state index contributed by atoms with van der Waals surface area (Å²) in [6.45, 7) is 0. The molecular formula is C38H40Mn2N4O12. The summed E-state index contributed by atoms with van der Waals surface area (Å²) in [5.41, 5.74) is 3.66. The Labute approximate surface area is 343 Å². The van der Waals surface area contributed by atoms with Gasteiger partial charge in [0.1, 0.15) is 0 Å². The molecule has 56 heavy (non-hydrogen) atoms. The number of pyridine rings is 4. The molecule has 4 aromatic heterocycles. The van der Waals surface area contributed by atoms with Crippen LogP contribution < -0.4 is 20.4 Å². The molecule has 0 saturated heterocycles. The van der Waals surface area contributed by atoms with Crippen LogP contribution in [0, 0.1) is 47.3 Å². The van der Waals surface area contributed by atoms with Crippen molar-refractivity contribution in [1.29, 1.82) is 0 Å². The fraction of sp³-hybridized carbons (Fsp3) is 0.263. The van der Waals surface area contributed by atoms with E-state index in [1.807, 2.05) is 72.8 Å². The van der Waals surface area contributed by atoms with Gasteiger partial charge in [-0.05, 0) is 85.0 Å². The van der Waals surface area contributed by atoms with Crippen molar-refractivity contribution in [3.8, 4) is 22.8 Å². The molecule has 2 fully saturated rings. The number of rotatable bonds is 6. The summed E-state index contributed by atoms with van der Waals surface area (Å²) in [6, 6.07) is 23.2. The van der Waals surface area contributed by atoms with Crippen molar-refractivity contribution in [3.05, 3.63) is 122 Å². The van der Waals surface area contributed by atoms with E-state index in [-0.39, 0.29) is 79.7 Å². The number of aromatic nitrogens is 4. The number of fused-ring (bicyclic) bond motifs is 4. The fourth-order valence-corrected chi connectivity index (χ4v) is 6.99. The Balaban J connectivity index is 0. The van der Waals surface area contributed by atoms with Crippen LogP contribution in [0.15, 0.2) is 122 Å². The molecule has 16 nitrogen and oxygen atoms in total. The zero-order chi connectivity index (χ0) is 35.6. The number of carbonyl (C=O) groups excluding carboxylic acids is 4. The van der Waals surface area contributed by atoms with Gasteiger partial charge in [0.15, 0.2) is 0 Å². The summed E-state index contributed by atoms with van der Waals surface area (Å²) in [5, 5.41) is 42.7. The van der Waals surface area contributed by atoms with Crippen molar-refractivity contribution < 1.29 is 95.6 Å². The van der Waals surface area contributed by atoms with Crippen LogP contribution in [0.4, 0.5) is 0 Å². The minimum Gasteiger partial charge on any atom is -0.550 e. The predicted molar refractivity (Wildman–Crippen MR) is 185 cm³/mol. The molecule has 0 aliphatic heterocycles. The van der Waals surface area contributed by atoms with Gasteiger partial charge in [0.25, 0.3) is 0 Å². The van der Waals surface area contributed by atoms with Crippen molar-refractivity contribution in [1.82, 2.24) is 19.9 Å². The first-order valence-corrected chi connectivity index (χ1v) is 16.0. The second kappa shape index (κ2) is 25.1. The van der Waals surface area contributed by atoms with Gasteiger partial charge in [-0.1, -0.05) is 48.6 Å². The molecule has 8 N–H and O–H groups in total.